The van der Waals surface area contributed by atoms with Gasteiger partial charge in [-0.3, -0.25) is 4.79 Å². The molecule has 4 aromatic rings. The molecule has 34 heavy (non-hydrogen) atoms. The Morgan fingerprint density at radius 3 is 2.50 bits per heavy atom. The number of amides is 1. The maximum absolute atomic E-state index is 12.6. The highest BCUT2D eigenvalue weighted by molar-refractivity contribution is 7.89. The van der Waals surface area contributed by atoms with Gasteiger partial charge in [-0.2, -0.15) is 0 Å². The Morgan fingerprint density at radius 1 is 1.03 bits per heavy atom. The minimum absolute atomic E-state index is 0.0910. The van der Waals surface area contributed by atoms with Crippen molar-refractivity contribution in [2.75, 3.05) is 14.1 Å². The molecular formula is C25H26N4O4S. The standard InChI is InChI=1S/C25H26N4O4S/c1-18-8-13-24-27-21(16-29(24)15-18)17-33-22-11-9-19(10-12-22)25(30)26-14-20-6-4-5-7-23(20)34(31,32)28(2)3/h4-13,15-16H,14,17H2,1-3H3,(H,26,30). The lowest BCUT2D eigenvalue weighted by Crippen LogP contribution is -2.27. The molecule has 0 spiro atoms. The summed E-state index contributed by atoms with van der Waals surface area (Å²) in [5.74, 6) is 0.312. The Balaban J connectivity index is 1.37. The first-order valence-corrected chi connectivity index (χ1v) is 12.1. The van der Waals surface area contributed by atoms with Crippen LogP contribution in [0.25, 0.3) is 5.65 Å². The van der Waals surface area contributed by atoms with Gasteiger partial charge in [0.2, 0.25) is 10.0 Å². The van der Waals surface area contributed by atoms with Crippen LogP contribution < -0.4 is 10.1 Å². The molecule has 2 aromatic carbocycles. The molecule has 0 atom stereocenters. The van der Waals surface area contributed by atoms with E-state index in [0.717, 1.165) is 21.2 Å². The molecule has 9 heteroatoms. The van der Waals surface area contributed by atoms with Crippen molar-refractivity contribution in [2.24, 2.45) is 0 Å². The van der Waals surface area contributed by atoms with Crippen molar-refractivity contribution >= 4 is 21.6 Å². The molecule has 0 saturated heterocycles. The van der Waals surface area contributed by atoms with Gasteiger partial charge in [0.25, 0.3) is 5.91 Å². The van der Waals surface area contributed by atoms with E-state index < -0.39 is 10.0 Å². The number of benzene rings is 2. The SMILES string of the molecule is Cc1ccc2nc(COc3ccc(C(=O)NCc4ccccc4S(=O)(=O)N(C)C)cc3)cn2c1. The average molecular weight is 479 g/mol. The fourth-order valence-corrected chi connectivity index (χ4v) is 4.58. The number of carbonyl (C=O) groups excluding carboxylic acids is 1. The predicted octanol–water partition coefficient (Wildman–Crippen LogP) is 3.40. The number of fused-ring (bicyclic) bond motifs is 1. The number of pyridine rings is 1. The van der Waals surface area contributed by atoms with E-state index in [-0.39, 0.29) is 17.3 Å². The highest BCUT2D eigenvalue weighted by Crippen LogP contribution is 2.19. The van der Waals surface area contributed by atoms with Crippen LogP contribution in [0, 0.1) is 6.92 Å². The lowest BCUT2D eigenvalue weighted by molar-refractivity contribution is 0.0950. The monoisotopic (exact) mass is 478 g/mol. The zero-order chi connectivity index (χ0) is 24.3. The van der Waals surface area contributed by atoms with E-state index in [2.05, 4.69) is 10.3 Å². The number of nitrogens with one attached hydrogen (secondary N) is 1. The summed E-state index contributed by atoms with van der Waals surface area (Å²) >= 11 is 0. The van der Waals surface area contributed by atoms with Gasteiger partial charge in [-0.05, 0) is 54.4 Å². The summed E-state index contributed by atoms with van der Waals surface area (Å²) in [5.41, 5.74) is 3.78. The molecule has 0 unspecified atom stereocenters. The number of nitrogens with zero attached hydrogens (tertiary/aromatic N) is 3. The molecule has 176 valence electrons. The molecule has 0 saturated carbocycles. The second-order valence-electron chi connectivity index (χ2n) is 8.10. The molecule has 0 aliphatic rings. The Kier molecular flexibility index (Phi) is 6.67. The fraction of sp³-hybridized carbons (Fsp3) is 0.200. The van der Waals surface area contributed by atoms with E-state index in [9.17, 15) is 13.2 Å². The Morgan fingerprint density at radius 2 is 1.76 bits per heavy atom. The molecular weight excluding hydrogens is 452 g/mol. The van der Waals surface area contributed by atoms with E-state index in [1.807, 2.05) is 35.9 Å². The van der Waals surface area contributed by atoms with Gasteiger partial charge in [0.05, 0.1) is 10.6 Å². The minimum Gasteiger partial charge on any atom is -0.487 e. The Bertz CT molecular complexity index is 1430. The normalized spacial score (nSPS) is 11.6. The van der Waals surface area contributed by atoms with Gasteiger partial charge in [0.1, 0.15) is 18.0 Å². The molecule has 0 fully saturated rings. The van der Waals surface area contributed by atoms with Gasteiger partial charge in [0, 0.05) is 38.6 Å². The van der Waals surface area contributed by atoms with Crippen molar-refractivity contribution in [3.05, 3.63) is 95.4 Å². The van der Waals surface area contributed by atoms with Crippen LogP contribution in [0.5, 0.6) is 5.75 Å². The number of aromatic nitrogens is 2. The van der Waals surface area contributed by atoms with Crippen LogP contribution >= 0.6 is 0 Å². The van der Waals surface area contributed by atoms with Gasteiger partial charge in [0.15, 0.2) is 0 Å². The number of carbonyl (C=O) groups is 1. The third-order valence-electron chi connectivity index (χ3n) is 5.32. The molecule has 1 amide bonds. The maximum atomic E-state index is 12.6. The number of hydrogen-bond donors (Lipinski definition) is 1. The summed E-state index contributed by atoms with van der Waals surface area (Å²) in [5, 5.41) is 2.79. The lowest BCUT2D eigenvalue weighted by Gasteiger charge is -2.15. The zero-order valence-electron chi connectivity index (χ0n) is 19.2. The van der Waals surface area contributed by atoms with Gasteiger partial charge >= 0.3 is 0 Å². The summed E-state index contributed by atoms with van der Waals surface area (Å²) in [7, 11) is -0.654. The van der Waals surface area contributed by atoms with Crippen LogP contribution in [0.2, 0.25) is 0 Å². The third kappa shape index (κ3) is 5.11. The number of rotatable bonds is 8. The van der Waals surface area contributed by atoms with Gasteiger partial charge in [-0.1, -0.05) is 24.3 Å². The highest BCUT2D eigenvalue weighted by atomic mass is 32.2. The summed E-state index contributed by atoms with van der Waals surface area (Å²) < 4.78 is 34.0. The molecule has 1 N–H and O–H groups in total. The van der Waals surface area contributed by atoms with E-state index >= 15 is 0 Å². The van der Waals surface area contributed by atoms with Crippen LogP contribution in [0.3, 0.4) is 0 Å². The van der Waals surface area contributed by atoms with E-state index in [0.29, 0.717) is 23.5 Å². The van der Waals surface area contributed by atoms with Crippen LogP contribution in [0.4, 0.5) is 0 Å². The fourth-order valence-electron chi connectivity index (χ4n) is 3.46. The van der Waals surface area contributed by atoms with Crippen molar-refractivity contribution in [3.8, 4) is 5.75 Å². The molecule has 8 nitrogen and oxygen atoms in total. The summed E-state index contributed by atoms with van der Waals surface area (Å²) in [6, 6.07) is 17.4. The lowest BCUT2D eigenvalue weighted by atomic mass is 10.2. The molecule has 4 rings (SSSR count). The smallest absolute Gasteiger partial charge is 0.251 e. The molecule has 0 bridgehead atoms. The first-order valence-electron chi connectivity index (χ1n) is 10.7. The van der Waals surface area contributed by atoms with Gasteiger partial charge < -0.3 is 14.5 Å². The van der Waals surface area contributed by atoms with Crippen molar-refractivity contribution in [3.63, 3.8) is 0 Å². The van der Waals surface area contributed by atoms with Crippen molar-refractivity contribution in [2.45, 2.75) is 25.0 Å². The summed E-state index contributed by atoms with van der Waals surface area (Å²) in [6.07, 6.45) is 3.94. The van der Waals surface area contributed by atoms with Crippen molar-refractivity contribution in [1.29, 1.82) is 0 Å². The van der Waals surface area contributed by atoms with E-state index in [1.54, 1.807) is 42.5 Å². The number of sulfonamides is 1. The third-order valence-corrected chi connectivity index (χ3v) is 7.24. The first kappa shape index (κ1) is 23.5. The molecule has 2 heterocycles. The summed E-state index contributed by atoms with van der Waals surface area (Å²) in [4.78, 5) is 17.3. The quantitative estimate of drug-likeness (QED) is 0.419. The Hall–Kier alpha value is -3.69. The van der Waals surface area contributed by atoms with E-state index in [1.165, 1.54) is 20.2 Å². The largest absolute Gasteiger partial charge is 0.487 e. The van der Waals surface area contributed by atoms with Crippen LogP contribution in [0.1, 0.15) is 27.2 Å². The van der Waals surface area contributed by atoms with Gasteiger partial charge in [-0.15, -0.1) is 0 Å². The highest BCUT2D eigenvalue weighted by Gasteiger charge is 2.21. The first-order chi connectivity index (χ1) is 16.2. The van der Waals surface area contributed by atoms with Crippen molar-refractivity contribution < 1.29 is 17.9 Å². The second kappa shape index (κ2) is 9.66. The number of imidazole rings is 1. The maximum Gasteiger partial charge on any atom is 0.251 e. The zero-order valence-corrected chi connectivity index (χ0v) is 20.0. The summed E-state index contributed by atoms with van der Waals surface area (Å²) in [6.45, 7) is 2.43. The molecule has 2 aromatic heterocycles. The predicted molar refractivity (Wildman–Crippen MR) is 129 cm³/mol. The Labute approximate surface area is 198 Å². The number of hydrogen-bond acceptors (Lipinski definition) is 5. The van der Waals surface area contributed by atoms with Crippen LogP contribution in [-0.2, 0) is 23.2 Å². The molecule has 0 aliphatic carbocycles. The average Bonchev–Trinajstić information content (AvgIpc) is 3.23. The number of aryl methyl sites for hydroxylation is 1. The second-order valence-corrected chi connectivity index (χ2v) is 10.2. The van der Waals surface area contributed by atoms with Crippen LogP contribution in [-0.4, -0.2) is 42.1 Å². The van der Waals surface area contributed by atoms with Crippen LogP contribution in [0.15, 0.2) is 78.0 Å². The van der Waals surface area contributed by atoms with Gasteiger partial charge in [-0.25, -0.2) is 17.7 Å². The van der Waals surface area contributed by atoms with Crippen molar-refractivity contribution in [1.82, 2.24) is 19.0 Å². The minimum atomic E-state index is -3.61. The topological polar surface area (TPSA) is 93.0 Å². The molecule has 0 aliphatic heterocycles. The molecule has 0 radical (unpaired) electrons. The van der Waals surface area contributed by atoms with E-state index in [4.69, 9.17) is 4.74 Å². The number of ether oxygens (including phenoxy) is 1.